The summed E-state index contributed by atoms with van der Waals surface area (Å²) in [4.78, 5) is 36.5. The Kier molecular flexibility index (Phi) is 3.57. The van der Waals surface area contributed by atoms with E-state index in [0.29, 0.717) is 5.69 Å². The summed E-state index contributed by atoms with van der Waals surface area (Å²) >= 11 is 0. The zero-order valence-corrected chi connectivity index (χ0v) is 11.5. The van der Waals surface area contributed by atoms with Crippen LogP contribution in [0.25, 0.3) is 10.9 Å². The number of carbonyl (C=O) groups excluding carboxylic acids is 1. The van der Waals surface area contributed by atoms with Crippen LogP contribution in [0.4, 0.5) is 5.69 Å². The van der Waals surface area contributed by atoms with Gasteiger partial charge >= 0.3 is 5.69 Å². The molecule has 3 aromatic rings. The van der Waals surface area contributed by atoms with Crippen LogP contribution in [0.15, 0.2) is 46.2 Å². The first-order valence-corrected chi connectivity index (χ1v) is 6.64. The molecule has 22 heavy (non-hydrogen) atoms. The second kappa shape index (κ2) is 5.68. The van der Waals surface area contributed by atoms with E-state index in [9.17, 15) is 14.4 Å². The molecule has 0 aliphatic carbocycles. The van der Waals surface area contributed by atoms with E-state index in [0.717, 1.165) is 10.9 Å². The van der Waals surface area contributed by atoms with Gasteiger partial charge in [-0.3, -0.25) is 19.7 Å². The number of hydrogen-bond acceptors (Lipinski definition) is 4. The van der Waals surface area contributed by atoms with E-state index in [4.69, 9.17) is 0 Å². The van der Waals surface area contributed by atoms with Crippen molar-refractivity contribution >= 4 is 22.5 Å². The number of amides is 1. The maximum Gasteiger partial charge on any atom is 0.328 e. The maximum atomic E-state index is 11.9. The summed E-state index contributed by atoms with van der Waals surface area (Å²) in [5.74, 6) is -0.225. The van der Waals surface area contributed by atoms with Crippen LogP contribution in [0.3, 0.4) is 0 Å². The van der Waals surface area contributed by atoms with Crippen LogP contribution in [0.2, 0.25) is 0 Å². The molecular weight excluding hydrogens is 286 g/mol. The van der Waals surface area contributed by atoms with E-state index in [1.54, 1.807) is 18.3 Å². The molecule has 0 unspecified atom stereocenters. The lowest BCUT2D eigenvalue weighted by Gasteiger charge is -2.06. The molecule has 0 saturated heterocycles. The van der Waals surface area contributed by atoms with E-state index in [1.165, 1.54) is 16.8 Å². The minimum atomic E-state index is -0.529. The predicted molar refractivity (Wildman–Crippen MR) is 80.7 cm³/mol. The van der Waals surface area contributed by atoms with E-state index >= 15 is 0 Å². The SMILES string of the molecule is O=C(CCn1ccc(=O)[nH]c1=O)Nc1ccc2cn[nH]c2c1. The summed E-state index contributed by atoms with van der Waals surface area (Å²) < 4.78 is 1.28. The molecule has 0 spiro atoms. The van der Waals surface area contributed by atoms with Crippen LogP contribution in [-0.4, -0.2) is 25.7 Å². The Morgan fingerprint density at radius 2 is 2.14 bits per heavy atom. The molecule has 1 amide bonds. The highest BCUT2D eigenvalue weighted by molar-refractivity contribution is 5.93. The van der Waals surface area contributed by atoms with Crippen LogP contribution < -0.4 is 16.6 Å². The third-order valence-corrected chi connectivity index (χ3v) is 3.20. The molecule has 0 saturated carbocycles. The first-order valence-electron chi connectivity index (χ1n) is 6.64. The van der Waals surface area contributed by atoms with Gasteiger partial charge in [0.2, 0.25) is 5.91 Å². The van der Waals surface area contributed by atoms with Gasteiger partial charge in [-0.1, -0.05) is 0 Å². The number of aromatic amines is 2. The van der Waals surface area contributed by atoms with Gasteiger partial charge in [-0.2, -0.15) is 5.10 Å². The number of benzene rings is 1. The highest BCUT2D eigenvalue weighted by atomic mass is 16.2. The summed E-state index contributed by atoms with van der Waals surface area (Å²) in [6.45, 7) is 0.188. The lowest BCUT2D eigenvalue weighted by molar-refractivity contribution is -0.116. The summed E-state index contributed by atoms with van der Waals surface area (Å²) in [7, 11) is 0. The molecule has 0 bridgehead atoms. The molecule has 0 atom stereocenters. The number of fused-ring (bicyclic) bond motifs is 1. The van der Waals surface area contributed by atoms with Gasteiger partial charge in [0.15, 0.2) is 0 Å². The zero-order chi connectivity index (χ0) is 15.5. The number of carbonyl (C=O) groups is 1. The van der Waals surface area contributed by atoms with Gasteiger partial charge in [0.25, 0.3) is 5.56 Å². The van der Waals surface area contributed by atoms with Crippen molar-refractivity contribution in [2.75, 3.05) is 5.32 Å². The van der Waals surface area contributed by atoms with Crippen molar-refractivity contribution in [2.45, 2.75) is 13.0 Å². The summed E-state index contributed by atoms with van der Waals surface area (Å²) in [5, 5.41) is 10.4. The molecule has 8 nitrogen and oxygen atoms in total. The van der Waals surface area contributed by atoms with E-state index < -0.39 is 11.2 Å². The molecule has 2 aromatic heterocycles. The quantitative estimate of drug-likeness (QED) is 0.648. The van der Waals surface area contributed by atoms with Gasteiger partial charge in [-0.05, 0) is 18.2 Å². The predicted octanol–water partition coefficient (Wildman–Crippen LogP) is 0.442. The fraction of sp³-hybridized carbons (Fsp3) is 0.143. The minimum Gasteiger partial charge on any atom is -0.326 e. The average Bonchev–Trinajstić information content (AvgIpc) is 2.94. The first kappa shape index (κ1) is 13.8. The zero-order valence-electron chi connectivity index (χ0n) is 11.5. The number of nitrogens with zero attached hydrogens (tertiary/aromatic N) is 2. The molecule has 0 fully saturated rings. The fourth-order valence-electron chi connectivity index (χ4n) is 2.08. The summed E-state index contributed by atoms with van der Waals surface area (Å²) in [6.07, 6.45) is 3.18. The van der Waals surface area contributed by atoms with Crippen LogP contribution >= 0.6 is 0 Å². The molecule has 3 rings (SSSR count). The number of hydrogen-bond donors (Lipinski definition) is 3. The van der Waals surface area contributed by atoms with Crippen molar-refractivity contribution in [3.63, 3.8) is 0 Å². The highest BCUT2D eigenvalue weighted by Crippen LogP contribution is 2.16. The largest absolute Gasteiger partial charge is 0.328 e. The van der Waals surface area contributed by atoms with Crippen LogP contribution in [0, 0.1) is 0 Å². The molecular formula is C14H13N5O3. The van der Waals surface area contributed by atoms with Crippen molar-refractivity contribution in [1.82, 2.24) is 19.7 Å². The van der Waals surface area contributed by atoms with Gasteiger partial charge in [-0.25, -0.2) is 4.79 Å². The van der Waals surface area contributed by atoms with Crippen molar-refractivity contribution < 1.29 is 4.79 Å². The Hall–Kier alpha value is -3.16. The van der Waals surface area contributed by atoms with Gasteiger partial charge < -0.3 is 9.88 Å². The van der Waals surface area contributed by atoms with Gasteiger partial charge in [-0.15, -0.1) is 0 Å². The van der Waals surface area contributed by atoms with E-state index in [2.05, 4.69) is 20.5 Å². The third kappa shape index (κ3) is 2.95. The number of nitrogens with one attached hydrogen (secondary N) is 3. The molecule has 2 heterocycles. The highest BCUT2D eigenvalue weighted by Gasteiger charge is 2.05. The Labute approximate surface area is 123 Å². The Balaban J connectivity index is 1.64. The lowest BCUT2D eigenvalue weighted by atomic mass is 10.2. The third-order valence-electron chi connectivity index (χ3n) is 3.20. The monoisotopic (exact) mass is 299 g/mol. The molecule has 0 radical (unpaired) electrons. The molecule has 3 N–H and O–H groups in total. The normalized spacial score (nSPS) is 10.7. The van der Waals surface area contributed by atoms with E-state index in [-0.39, 0.29) is 18.9 Å². The topological polar surface area (TPSA) is 113 Å². The number of aryl methyl sites for hydroxylation is 1. The van der Waals surface area contributed by atoms with Gasteiger partial charge in [0.05, 0.1) is 11.7 Å². The molecule has 8 heteroatoms. The minimum absolute atomic E-state index is 0.118. The number of H-pyrrole nitrogens is 2. The smallest absolute Gasteiger partial charge is 0.326 e. The van der Waals surface area contributed by atoms with Crippen molar-refractivity contribution in [2.24, 2.45) is 0 Å². The second-order valence-corrected chi connectivity index (χ2v) is 4.77. The van der Waals surface area contributed by atoms with Gasteiger partial charge in [0, 0.05) is 36.3 Å². The summed E-state index contributed by atoms with van der Waals surface area (Å²) in [6, 6.07) is 6.65. The Bertz CT molecular complexity index is 937. The van der Waals surface area contributed by atoms with Gasteiger partial charge in [0.1, 0.15) is 0 Å². The Morgan fingerprint density at radius 1 is 1.27 bits per heavy atom. The molecule has 0 aliphatic heterocycles. The van der Waals surface area contributed by atoms with Crippen molar-refractivity contribution in [1.29, 1.82) is 0 Å². The second-order valence-electron chi connectivity index (χ2n) is 4.77. The molecule has 1 aromatic carbocycles. The molecule has 0 aliphatic rings. The number of rotatable bonds is 4. The average molecular weight is 299 g/mol. The number of anilines is 1. The maximum absolute atomic E-state index is 11.9. The van der Waals surface area contributed by atoms with Crippen LogP contribution in [0.1, 0.15) is 6.42 Å². The van der Waals surface area contributed by atoms with Crippen LogP contribution in [0.5, 0.6) is 0 Å². The lowest BCUT2D eigenvalue weighted by Crippen LogP contribution is -2.29. The Morgan fingerprint density at radius 3 is 2.95 bits per heavy atom. The number of aromatic nitrogens is 4. The molecule has 112 valence electrons. The van der Waals surface area contributed by atoms with Crippen LogP contribution in [-0.2, 0) is 11.3 Å². The van der Waals surface area contributed by atoms with Crippen molar-refractivity contribution in [3.8, 4) is 0 Å². The first-order chi connectivity index (χ1) is 10.6. The summed E-state index contributed by atoms with van der Waals surface area (Å²) in [5.41, 5.74) is 0.489. The van der Waals surface area contributed by atoms with Crippen molar-refractivity contribution in [3.05, 3.63) is 57.5 Å². The fourth-order valence-corrected chi connectivity index (χ4v) is 2.08. The standard InChI is InChI=1S/C14H13N5O3/c20-12(3-5-19-6-4-13(21)17-14(19)22)16-10-2-1-9-8-15-18-11(9)7-10/h1-2,4,6-8H,3,5H2,(H,15,18)(H,16,20)(H,17,21,22). The van der Waals surface area contributed by atoms with E-state index in [1.807, 2.05) is 6.07 Å².